The number of thiazole rings is 1. The molecule has 3 aromatic heterocycles. The Bertz CT molecular complexity index is 1300. The summed E-state index contributed by atoms with van der Waals surface area (Å²) in [5.41, 5.74) is 7.86. The largest absolute Gasteiger partial charge is 0.486 e. The van der Waals surface area contributed by atoms with Crippen LogP contribution in [-0.2, 0) is 0 Å². The number of amides is 1. The van der Waals surface area contributed by atoms with E-state index >= 15 is 0 Å². The van der Waals surface area contributed by atoms with E-state index in [9.17, 15) is 4.79 Å². The molecule has 1 atom stereocenters. The molecule has 0 bridgehead atoms. The first-order chi connectivity index (χ1) is 15.5. The van der Waals surface area contributed by atoms with Crippen LogP contribution in [0.15, 0.2) is 48.8 Å². The molecule has 0 aliphatic carbocycles. The number of nitrogens with two attached hydrogens (primary N) is 1. The van der Waals surface area contributed by atoms with Crippen LogP contribution >= 0.6 is 22.9 Å². The van der Waals surface area contributed by atoms with Gasteiger partial charge in [-0.1, -0.05) is 29.8 Å². The zero-order valence-corrected chi connectivity index (χ0v) is 18.7. The number of carbonyl (C=O) groups is 1. The molecule has 1 aliphatic heterocycles. The highest BCUT2D eigenvalue weighted by Crippen LogP contribution is 2.36. The number of hydrogen-bond acceptors (Lipinski definition) is 7. The van der Waals surface area contributed by atoms with Crippen LogP contribution in [0.1, 0.15) is 28.3 Å². The second-order valence-corrected chi connectivity index (χ2v) is 8.84. The van der Waals surface area contributed by atoms with Crippen molar-refractivity contribution in [3.05, 3.63) is 64.3 Å². The Morgan fingerprint density at radius 1 is 1.31 bits per heavy atom. The quantitative estimate of drug-likeness (QED) is 0.427. The lowest BCUT2D eigenvalue weighted by Gasteiger charge is -2.27. The Labute approximate surface area is 193 Å². The van der Waals surface area contributed by atoms with Crippen molar-refractivity contribution in [2.24, 2.45) is 5.73 Å². The van der Waals surface area contributed by atoms with Gasteiger partial charge in [0.2, 0.25) is 5.88 Å². The van der Waals surface area contributed by atoms with Crippen LogP contribution in [-0.4, -0.2) is 39.5 Å². The number of imidazole rings is 1. The Kier molecular flexibility index (Phi) is 5.46. The van der Waals surface area contributed by atoms with E-state index in [0.717, 1.165) is 41.4 Å². The maximum Gasteiger partial charge on any atom is 0.264 e. The summed E-state index contributed by atoms with van der Waals surface area (Å²) < 4.78 is 13.9. The van der Waals surface area contributed by atoms with Crippen LogP contribution in [0, 0.1) is 0 Å². The highest BCUT2D eigenvalue weighted by atomic mass is 35.5. The molecule has 8 nitrogen and oxygen atoms in total. The number of aromatic nitrogens is 3. The second-order valence-electron chi connectivity index (χ2n) is 7.43. The van der Waals surface area contributed by atoms with Gasteiger partial charge in [-0.25, -0.2) is 4.98 Å². The molecule has 4 heterocycles. The van der Waals surface area contributed by atoms with E-state index in [4.69, 9.17) is 26.8 Å². The van der Waals surface area contributed by atoms with Crippen LogP contribution in [0.2, 0.25) is 5.02 Å². The first-order valence-electron chi connectivity index (χ1n) is 10.1. The molecule has 3 N–H and O–H groups in total. The van der Waals surface area contributed by atoms with Crippen LogP contribution in [0.3, 0.4) is 0 Å². The third-order valence-corrected chi connectivity index (χ3v) is 6.61. The summed E-state index contributed by atoms with van der Waals surface area (Å²) in [5.74, 6) is 0.303. The summed E-state index contributed by atoms with van der Waals surface area (Å²) >= 11 is 7.45. The molecule has 4 aromatic rings. The predicted octanol–water partition coefficient (Wildman–Crippen LogP) is 3.70. The zero-order valence-electron chi connectivity index (χ0n) is 17.1. The molecule has 1 fully saturated rings. The van der Waals surface area contributed by atoms with Crippen molar-refractivity contribution >= 4 is 34.5 Å². The summed E-state index contributed by atoms with van der Waals surface area (Å²) in [6.45, 7) is 3.50. The third-order valence-electron chi connectivity index (χ3n) is 5.20. The molecule has 1 aliphatic rings. The molecular weight excluding hydrogens is 450 g/mol. The first-order valence-corrected chi connectivity index (χ1v) is 11.3. The van der Waals surface area contributed by atoms with Gasteiger partial charge >= 0.3 is 0 Å². The first kappa shape index (κ1) is 20.7. The molecule has 0 saturated carbocycles. The van der Waals surface area contributed by atoms with Crippen molar-refractivity contribution in [3.63, 3.8) is 0 Å². The number of rotatable bonds is 7. The summed E-state index contributed by atoms with van der Waals surface area (Å²) in [4.78, 5) is 21.4. The fraction of sp³-hybridized carbons (Fsp3) is 0.227. The van der Waals surface area contributed by atoms with Crippen molar-refractivity contribution in [3.8, 4) is 22.3 Å². The average Bonchev–Trinajstić information content (AvgIpc) is 3.34. The number of nitrogens with one attached hydrogen (secondary N) is 1. The number of pyridine rings is 1. The number of hydrogen-bond donors (Lipinski definition) is 2. The van der Waals surface area contributed by atoms with Gasteiger partial charge in [0.25, 0.3) is 5.91 Å². The normalized spacial score (nSPS) is 14.8. The van der Waals surface area contributed by atoms with Crippen molar-refractivity contribution in [2.75, 3.05) is 13.1 Å². The fourth-order valence-electron chi connectivity index (χ4n) is 3.41. The van der Waals surface area contributed by atoms with E-state index in [1.165, 1.54) is 0 Å². The summed E-state index contributed by atoms with van der Waals surface area (Å²) in [7, 11) is 0. The van der Waals surface area contributed by atoms with Crippen molar-refractivity contribution in [1.82, 2.24) is 19.7 Å². The fourth-order valence-corrected chi connectivity index (χ4v) is 4.56. The van der Waals surface area contributed by atoms with Gasteiger partial charge in [-0.2, -0.15) is 4.98 Å². The molecule has 5 rings (SSSR count). The Morgan fingerprint density at radius 3 is 2.84 bits per heavy atom. The summed E-state index contributed by atoms with van der Waals surface area (Å²) in [5, 5.41) is 4.32. The van der Waals surface area contributed by atoms with E-state index < -0.39 is 12.0 Å². The topological polar surface area (TPSA) is 104 Å². The van der Waals surface area contributed by atoms with Gasteiger partial charge in [0, 0.05) is 23.7 Å². The highest BCUT2D eigenvalue weighted by molar-refractivity contribution is 7.17. The number of nitrogens with zero attached hydrogens (tertiary/aromatic N) is 3. The standard InChI is InChI=1S/C22H20ClN5O3S/c1-12(15-4-2-3-5-16(15)23)30-21-19(20(24)29)32-22(27-21)17-10-26-18-7-6-13(11-28(17)18)31-14-8-25-9-14/h2-7,10-12,14,25H,8-9H2,1H3,(H2,24,29). The summed E-state index contributed by atoms with van der Waals surface area (Å²) in [6.07, 6.45) is 3.31. The van der Waals surface area contributed by atoms with Gasteiger partial charge in [0.15, 0.2) is 4.88 Å². The van der Waals surface area contributed by atoms with Crippen LogP contribution in [0.4, 0.5) is 0 Å². The molecule has 1 amide bonds. The minimum absolute atomic E-state index is 0.159. The molecule has 0 spiro atoms. The highest BCUT2D eigenvalue weighted by Gasteiger charge is 2.24. The Morgan fingerprint density at radius 2 is 2.12 bits per heavy atom. The van der Waals surface area contributed by atoms with E-state index in [0.29, 0.717) is 15.7 Å². The number of primary amides is 1. The maximum atomic E-state index is 12.1. The van der Waals surface area contributed by atoms with Gasteiger partial charge in [0.05, 0.1) is 12.4 Å². The SMILES string of the molecule is CC(Oc1nc(-c2cnc3ccc(OC4CNC4)cn23)sc1C(N)=O)c1ccccc1Cl. The van der Waals surface area contributed by atoms with Gasteiger partial charge in [-0.3, -0.25) is 9.20 Å². The number of carbonyl (C=O) groups excluding carboxylic acids is 1. The summed E-state index contributed by atoms with van der Waals surface area (Å²) in [6, 6.07) is 11.1. The molecule has 164 valence electrons. The van der Waals surface area contributed by atoms with E-state index in [-0.39, 0.29) is 16.9 Å². The molecule has 32 heavy (non-hydrogen) atoms. The number of fused-ring (bicyclic) bond motifs is 1. The minimum atomic E-state index is -0.606. The Balaban J connectivity index is 1.49. The Hall–Kier alpha value is -3.14. The molecule has 1 aromatic carbocycles. The van der Waals surface area contributed by atoms with Crippen molar-refractivity contribution < 1.29 is 14.3 Å². The molecule has 1 unspecified atom stereocenters. The lowest BCUT2D eigenvalue weighted by Crippen LogP contribution is -2.50. The monoisotopic (exact) mass is 469 g/mol. The lowest BCUT2D eigenvalue weighted by atomic mass is 10.1. The van der Waals surface area contributed by atoms with Crippen LogP contribution < -0.4 is 20.5 Å². The third kappa shape index (κ3) is 3.90. The minimum Gasteiger partial charge on any atom is -0.486 e. The molecule has 1 saturated heterocycles. The predicted molar refractivity (Wildman–Crippen MR) is 123 cm³/mol. The zero-order chi connectivity index (χ0) is 22.2. The number of benzene rings is 1. The van der Waals surface area contributed by atoms with Crippen molar-refractivity contribution in [1.29, 1.82) is 0 Å². The van der Waals surface area contributed by atoms with Gasteiger partial charge in [0.1, 0.15) is 34.3 Å². The van der Waals surface area contributed by atoms with Crippen LogP contribution in [0.25, 0.3) is 16.3 Å². The number of ether oxygens (including phenoxy) is 2. The second kappa shape index (κ2) is 8.42. The smallest absolute Gasteiger partial charge is 0.264 e. The van der Waals surface area contributed by atoms with E-state index in [1.807, 2.05) is 47.9 Å². The van der Waals surface area contributed by atoms with E-state index in [2.05, 4.69) is 15.3 Å². The average molecular weight is 470 g/mol. The molecule has 10 heteroatoms. The van der Waals surface area contributed by atoms with Gasteiger partial charge < -0.3 is 20.5 Å². The lowest BCUT2D eigenvalue weighted by molar-refractivity contribution is 0.0997. The van der Waals surface area contributed by atoms with E-state index in [1.54, 1.807) is 12.3 Å². The number of halogens is 1. The van der Waals surface area contributed by atoms with Crippen molar-refractivity contribution in [2.45, 2.75) is 19.1 Å². The molecular formula is C22H20ClN5O3S. The van der Waals surface area contributed by atoms with Gasteiger partial charge in [-0.05, 0) is 25.1 Å². The van der Waals surface area contributed by atoms with Crippen LogP contribution in [0.5, 0.6) is 11.6 Å². The maximum absolute atomic E-state index is 12.1. The molecule has 0 radical (unpaired) electrons. The van der Waals surface area contributed by atoms with Gasteiger partial charge in [-0.15, -0.1) is 11.3 Å².